The highest BCUT2D eigenvalue weighted by Crippen LogP contribution is 2.31. The molecule has 57 heavy (non-hydrogen) atoms. The zero-order chi connectivity index (χ0) is 41.6. The Morgan fingerprint density at radius 1 is 0.912 bits per heavy atom. The molecule has 0 atom stereocenters. The molecule has 0 aliphatic heterocycles. The number of phenols is 1. The number of amides is 4. The highest BCUT2D eigenvalue weighted by Gasteiger charge is 2.23. The van der Waals surface area contributed by atoms with E-state index in [1.165, 1.54) is 10.6 Å². The van der Waals surface area contributed by atoms with E-state index in [-0.39, 0.29) is 58.1 Å². The Hall–Kier alpha value is -5.79. The van der Waals surface area contributed by atoms with Crippen LogP contribution in [0.5, 0.6) is 11.5 Å². The predicted octanol–water partition coefficient (Wildman–Crippen LogP) is 7.45. The second-order valence-corrected chi connectivity index (χ2v) is 15.2. The number of carbonyl (C=O) groups is 3. The summed E-state index contributed by atoms with van der Waals surface area (Å²) in [5, 5.41) is 23.1. The molecule has 5 aromatic rings. The molecule has 13 nitrogen and oxygen atoms in total. The first-order chi connectivity index (χ1) is 27.0. The highest BCUT2D eigenvalue weighted by atomic mass is 35.5. The zero-order valence-electron chi connectivity index (χ0n) is 33.0. The number of likely N-dealkylation sites (N-methyl/N-ethyl adjacent to an activating group) is 1. The number of phenolic OH excluding ortho intramolecular Hbond substituents is 1. The lowest BCUT2D eigenvalue weighted by molar-refractivity contribution is -0.129. The number of aromatic nitrogens is 3. The fourth-order valence-electron chi connectivity index (χ4n) is 6.05. The van der Waals surface area contributed by atoms with Gasteiger partial charge in [-0.1, -0.05) is 74.3 Å². The monoisotopic (exact) mass is 815 g/mol. The van der Waals surface area contributed by atoms with Crippen molar-refractivity contribution in [2.45, 2.75) is 67.0 Å². The molecule has 0 unspecified atom stereocenters. The third-order valence-corrected chi connectivity index (χ3v) is 10.0. The largest absolute Gasteiger partial charge is 0.506 e. The molecule has 4 amide bonds. The minimum atomic E-state index is -0.529. The topological polar surface area (TPSA) is 160 Å². The molecule has 5 rings (SSSR count). The van der Waals surface area contributed by atoms with Crippen LogP contribution in [0.15, 0.2) is 77.6 Å². The van der Waals surface area contributed by atoms with Crippen LogP contribution in [0.3, 0.4) is 0 Å². The first-order valence-electron chi connectivity index (χ1n) is 18.4. The van der Waals surface area contributed by atoms with Crippen molar-refractivity contribution in [3.05, 3.63) is 127 Å². The van der Waals surface area contributed by atoms with Gasteiger partial charge in [0.05, 0.1) is 28.6 Å². The second-order valence-electron chi connectivity index (χ2n) is 14.4. The van der Waals surface area contributed by atoms with Crippen molar-refractivity contribution in [2.75, 3.05) is 25.0 Å². The number of benzene rings is 3. The molecular formula is C42H47Cl2N7O6. The maximum absolute atomic E-state index is 13.7. The normalized spacial score (nSPS) is 11.2. The van der Waals surface area contributed by atoms with Gasteiger partial charge in [-0.05, 0) is 74.7 Å². The van der Waals surface area contributed by atoms with Crippen LogP contribution in [0.2, 0.25) is 10.0 Å². The Labute approximate surface area is 341 Å². The third-order valence-electron chi connectivity index (χ3n) is 9.36. The van der Waals surface area contributed by atoms with E-state index in [1.54, 1.807) is 59.0 Å². The molecule has 4 N–H and O–H groups in total. The number of aromatic hydroxyl groups is 1. The number of rotatable bonds is 13. The van der Waals surface area contributed by atoms with Crippen molar-refractivity contribution in [1.29, 1.82) is 0 Å². The summed E-state index contributed by atoms with van der Waals surface area (Å²) in [4.78, 5) is 54.0. The molecule has 15 heteroatoms. The van der Waals surface area contributed by atoms with Crippen molar-refractivity contribution in [2.24, 2.45) is 0 Å². The number of hydrogen-bond donors (Lipinski definition) is 4. The Balaban J connectivity index is 1.29. The summed E-state index contributed by atoms with van der Waals surface area (Å²) in [5.74, 6) is -0.119. The van der Waals surface area contributed by atoms with Gasteiger partial charge in [0.15, 0.2) is 0 Å². The van der Waals surface area contributed by atoms with E-state index in [0.29, 0.717) is 36.0 Å². The van der Waals surface area contributed by atoms with Gasteiger partial charge in [-0.15, -0.1) is 0 Å². The lowest BCUT2D eigenvalue weighted by Crippen LogP contribution is -2.40. The lowest BCUT2D eigenvalue weighted by Gasteiger charge is -2.19. The first kappa shape index (κ1) is 42.4. The van der Waals surface area contributed by atoms with E-state index in [0.717, 1.165) is 22.4 Å². The molecule has 2 heterocycles. The number of hydrogen-bond acceptors (Lipinski definition) is 7. The number of pyridine rings is 1. The average molecular weight is 817 g/mol. The van der Waals surface area contributed by atoms with Crippen LogP contribution in [-0.2, 0) is 23.4 Å². The van der Waals surface area contributed by atoms with E-state index >= 15 is 0 Å². The summed E-state index contributed by atoms with van der Waals surface area (Å²) in [6, 6.07) is 20.0. The van der Waals surface area contributed by atoms with E-state index < -0.39 is 17.5 Å². The van der Waals surface area contributed by atoms with Crippen molar-refractivity contribution >= 4 is 46.9 Å². The van der Waals surface area contributed by atoms with Crippen LogP contribution in [-0.4, -0.2) is 61.8 Å². The predicted molar refractivity (Wildman–Crippen MR) is 222 cm³/mol. The molecule has 2 aromatic heterocycles. The van der Waals surface area contributed by atoms with E-state index in [4.69, 9.17) is 33.0 Å². The van der Waals surface area contributed by atoms with Crippen molar-refractivity contribution in [1.82, 2.24) is 29.9 Å². The van der Waals surface area contributed by atoms with Crippen LogP contribution < -0.4 is 26.2 Å². The molecule has 0 aliphatic carbocycles. The number of aryl methyl sites for hydroxylation is 2. The smallest absolute Gasteiger partial charge is 0.320 e. The van der Waals surface area contributed by atoms with Gasteiger partial charge in [-0.3, -0.25) is 24.3 Å². The summed E-state index contributed by atoms with van der Waals surface area (Å²) < 4.78 is 9.08. The minimum absolute atomic E-state index is 0.0479. The molecule has 0 saturated heterocycles. The maximum Gasteiger partial charge on any atom is 0.320 e. The van der Waals surface area contributed by atoms with E-state index in [9.17, 15) is 24.3 Å². The minimum Gasteiger partial charge on any atom is -0.506 e. The number of carbonyl (C=O) groups excluding carboxylic acids is 3. The van der Waals surface area contributed by atoms with Gasteiger partial charge >= 0.3 is 6.03 Å². The van der Waals surface area contributed by atoms with Crippen molar-refractivity contribution in [3.63, 3.8) is 0 Å². The Bertz CT molecular complexity index is 2360. The Morgan fingerprint density at radius 2 is 1.61 bits per heavy atom. The number of ether oxygens (including phenoxy) is 1. The maximum atomic E-state index is 13.7. The highest BCUT2D eigenvalue weighted by molar-refractivity contribution is 6.32. The number of halogens is 2. The molecular weight excluding hydrogens is 769 g/mol. The van der Waals surface area contributed by atoms with Crippen LogP contribution >= 0.6 is 23.2 Å². The summed E-state index contributed by atoms with van der Waals surface area (Å²) >= 11 is 12.8. The van der Waals surface area contributed by atoms with E-state index in [1.807, 2.05) is 65.8 Å². The van der Waals surface area contributed by atoms with Gasteiger partial charge in [0.2, 0.25) is 5.91 Å². The van der Waals surface area contributed by atoms with Gasteiger partial charge in [0.25, 0.3) is 11.5 Å². The summed E-state index contributed by atoms with van der Waals surface area (Å²) in [6.45, 7) is 14.5. The molecule has 300 valence electrons. The first-order valence-corrected chi connectivity index (χ1v) is 19.2. The fraction of sp³-hybridized carbons (Fsp3) is 0.310. The Kier molecular flexibility index (Phi) is 13.4. The van der Waals surface area contributed by atoms with Crippen LogP contribution in [0, 0.1) is 13.8 Å². The third kappa shape index (κ3) is 9.97. The molecule has 0 bridgehead atoms. The number of anilines is 1. The summed E-state index contributed by atoms with van der Waals surface area (Å²) in [5.41, 5.74) is 3.97. The Morgan fingerprint density at radius 3 is 2.28 bits per heavy atom. The fourth-order valence-corrected chi connectivity index (χ4v) is 6.42. The molecule has 0 aliphatic rings. The average Bonchev–Trinajstić information content (AvgIpc) is 3.61. The molecule has 3 aromatic carbocycles. The molecule has 0 spiro atoms. The van der Waals surface area contributed by atoms with Crippen molar-refractivity contribution < 1.29 is 24.2 Å². The van der Waals surface area contributed by atoms with Crippen molar-refractivity contribution in [3.8, 4) is 22.9 Å². The molecule has 0 fully saturated rings. The van der Waals surface area contributed by atoms with Gasteiger partial charge in [0, 0.05) is 48.4 Å². The zero-order valence-corrected chi connectivity index (χ0v) is 34.5. The van der Waals surface area contributed by atoms with Crippen LogP contribution in [0.25, 0.3) is 11.4 Å². The van der Waals surface area contributed by atoms with Crippen LogP contribution in [0.1, 0.15) is 73.1 Å². The lowest BCUT2D eigenvalue weighted by atomic mass is 9.92. The standard InChI is InChI=1S/C42H47Cl2N7O6/c1-8-49(9-2)37(53)23-45-39(54)27-15-14-25(3)32(19-27)50-26(4)18-34(38(44)40(50)55)57-24-29-13-11-10-12-28(29)22-46-41(56)47-36-21-35(42(5,6)7)48-51(36)30-16-17-33(52)31(43)20-30/h10-21,52H,8-9,22-24H2,1-7H3,(H,45,54)(H2,46,47,56). The number of nitrogens with zero attached hydrogens (tertiary/aromatic N) is 4. The molecule has 0 saturated carbocycles. The quantitative estimate of drug-likeness (QED) is 0.0961. The van der Waals surface area contributed by atoms with Crippen LogP contribution in [0.4, 0.5) is 10.6 Å². The molecule has 0 radical (unpaired) electrons. The number of urea groups is 1. The number of nitrogens with one attached hydrogen (secondary N) is 3. The van der Waals surface area contributed by atoms with E-state index in [2.05, 4.69) is 16.0 Å². The second kappa shape index (κ2) is 18.0. The SMILES string of the molecule is CCN(CC)C(=O)CNC(=O)c1ccc(C)c(-n2c(C)cc(OCc3ccccc3CNC(=O)Nc3cc(C(C)(C)C)nn3-c3ccc(O)c(Cl)c3)c(Cl)c2=O)c1. The summed E-state index contributed by atoms with van der Waals surface area (Å²) in [6.07, 6.45) is 0. The van der Waals surface area contributed by atoms with Gasteiger partial charge in [-0.2, -0.15) is 5.10 Å². The van der Waals surface area contributed by atoms with Gasteiger partial charge < -0.3 is 25.4 Å². The van der Waals surface area contributed by atoms with Gasteiger partial charge in [-0.25, -0.2) is 9.48 Å². The van der Waals surface area contributed by atoms with Gasteiger partial charge in [0.1, 0.15) is 28.9 Å². The summed E-state index contributed by atoms with van der Waals surface area (Å²) in [7, 11) is 0.